The summed E-state index contributed by atoms with van der Waals surface area (Å²) < 4.78 is 61.0. The highest BCUT2D eigenvalue weighted by Gasteiger charge is 2.36. The standard InChI is InChI=1S/C8H3BrF5NO2/c9-5-3(8(12,13)14)1-2(7(16)17)4(15-5)6(10)11/h1,6H,(H,16,17). The van der Waals surface area contributed by atoms with Crippen LogP contribution in [0.25, 0.3) is 0 Å². The third-order valence-corrected chi connectivity index (χ3v) is 2.35. The number of carbonyl (C=O) groups is 1. The Hall–Kier alpha value is -1.25. The van der Waals surface area contributed by atoms with Crippen LogP contribution in [-0.2, 0) is 6.18 Å². The number of aromatic carboxylic acids is 1. The third-order valence-electron chi connectivity index (χ3n) is 1.75. The van der Waals surface area contributed by atoms with Crippen molar-refractivity contribution in [2.75, 3.05) is 0 Å². The first-order valence-corrected chi connectivity index (χ1v) is 4.73. The normalized spacial score (nSPS) is 11.9. The average molecular weight is 320 g/mol. The van der Waals surface area contributed by atoms with Crippen LogP contribution in [0.15, 0.2) is 10.7 Å². The molecule has 9 heteroatoms. The van der Waals surface area contributed by atoms with Crippen LogP contribution in [0, 0.1) is 0 Å². The number of aromatic nitrogens is 1. The molecular weight excluding hydrogens is 317 g/mol. The Kier molecular flexibility index (Phi) is 3.70. The van der Waals surface area contributed by atoms with E-state index >= 15 is 0 Å². The van der Waals surface area contributed by atoms with Gasteiger partial charge in [0.15, 0.2) is 0 Å². The van der Waals surface area contributed by atoms with Crippen LogP contribution in [0.2, 0.25) is 0 Å². The van der Waals surface area contributed by atoms with Gasteiger partial charge in [0.2, 0.25) is 0 Å². The second kappa shape index (κ2) is 4.55. The summed E-state index contributed by atoms with van der Waals surface area (Å²) >= 11 is 2.38. The van der Waals surface area contributed by atoms with Crippen LogP contribution in [0.4, 0.5) is 22.0 Å². The van der Waals surface area contributed by atoms with Crippen LogP contribution in [0.3, 0.4) is 0 Å². The van der Waals surface area contributed by atoms with Gasteiger partial charge in [-0.15, -0.1) is 0 Å². The largest absolute Gasteiger partial charge is 0.478 e. The monoisotopic (exact) mass is 319 g/mol. The molecule has 1 aromatic rings. The molecule has 1 heterocycles. The molecule has 1 N–H and O–H groups in total. The molecule has 17 heavy (non-hydrogen) atoms. The smallest absolute Gasteiger partial charge is 0.419 e. The molecule has 0 radical (unpaired) electrons. The summed E-state index contributed by atoms with van der Waals surface area (Å²) in [5.74, 6) is -1.90. The lowest BCUT2D eigenvalue weighted by molar-refractivity contribution is -0.138. The minimum atomic E-state index is -4.88. The molecule has 0 aliphatic rings. The molecule has 0 saturated carbocycles. The number of pyridine rings is 1. The molecule has 0 saturated heterocycles. The van der Waals surface area contributed by atoms with Gasteiger partial charge in [-0.25, -0.2) is 18.6 Å². The zero-order chi connectivity index (χ0) is 13.4. The zero-order valence-corrected chi connectivity index (χ0v) is 9.31. The van der Waals surface area contributed by atoms with Crippen molar-refractivity contribution in [1.29, 1.82) is 0 Å². The quantitative estimate of drug-likeness (QED) is 0.670. The molecule has 94 valence electrons. The number of halogens is 6. The molecule has 0 amide bonds. The first-order valence-electron chi connectivity index (χ1n) is 3.93. The van der Waals surface area contributed by atoms with E-state index < -0.39 is 40.0 Å². The summed E-state index contributed by atoms with van der Waals surface area (Å²) in [6, 6.07) is 0.126. The van der Waals surface area contributed by atoms with E-state index in [2.05, 4.69) is 20.9 Å². The summed E-state index contributed by atoms with van der Waals surface area (Å²) in [7, 11) is 0. The molecule has 0 fully saturated rings. The Morgan fingerprint density at radius 3 is 2.29 bits per heavy atom. The van der Waals surface area contributed by atoms with Gasteiger partial charge in [0.25, 0.3) is 6.43 Å². The van der Waals surface area contributed by atoms with Crippen molar-refractivity contribution in [3.8, 4) is 0 Å². The predicted molar refractivity (Wildman–Crippen MR) is 48.9 cm³/mol. The van der Waals surface area contributed by atoms with Gasteiger partial charge in [-0.1, -0.05) is 0 Å². The van der Waals surface area contributed by atoms with E-state index in [1.807, 2.05) is 0 Å². The highest BCUT2D eigenvalue weighted by atomic mass is 79.9. The third kappa shape index (κ3) is 2.90. The molecule has 1 aromatic heterocycles. The van der Waals surface area contributed by atoms with E-state index in [1.165, 1.54) is 0 Å². The molecule has 0 aliphatic carbocycles. The minimum Gasteiger partial charge on any atom is -0.478 e. The number of alkyl halides is 5. The van der Waals surface area contributed by atoms with Crippen LogP contribution in [-0.4, -0.2) is 16.1 Å². The fraction of sp³-hybridized carbons (Fsp3) is 0.250. The van der Waals surface area contributed by atoms with E-state index in [4.69, 9.17) is 5.11 Å². The molecule has 0 aliphatic heterocycles. The highest BCUT2D eigenvalue weighted by Crippen LogP contribution is 2.36. The lowest BCUT2D eigenvalue weighted by Gasteiger charge is -2.12. The molecular formula is C8H3BrF5NO2. The Morgan fingerprint density at radius 2 is 1.94 bits per heavy atom. The number of rotatable bonds is 2. The van der Waals surface area contributed by atoms with Gasteiger partial charge in [-0.2, -0.15) is 13.2 Å². The SMILES string of the molecule is O=C(O)c1cc(C(F)(F)F)c(Br)nc1C(F)F. The molecule has 1 rings (SSSR count). The van der Waals surface area contributed by atoms with Crippen molar-refractivity contribution in [2.45, 2.75) is 12.6 Å². The first kappa shape index (κ1) is 13.8. The summed E-state index contributed by atoms with van der Waals surface area (Å²) in [6.07, 6.45) is -8.16. The average Bonchev–Trinajstić information content (AvgIpc) is 2.14. The molecule has 0 unspecified atom stereocenters. The predicted octanol–water partition coefficient (Wildman–Crippen LogP) is 3.50. The summed E-state index contributed by atoms with van der Waals surface area (Å²) in [5, 5.41) is 8.54. The Bertz CT molecular complexity index is 460. The van der Waals surface area contributed by atoms with Gasteiger partial charge in [0, 0.05) is 0 Å². The fourth-order valence-electron chi connectivity index (χ4n) is 1.04. The molecule has 0 bridgehead atoms. The van der Waals surface area contributed by atoms with Gasteiger partial charge in [-0.3, -0.25) is 0 Å². The van der Waals surface area contributed by atoms with E-state index in [0.717, 1.165) is 0 Å². The van der Waals surface area contributed by atoms with Crippen molar-refractivity contribution >= 4 is 21.9 Å². The van der Waals surface area contributed by atoms with Gasteiger partial charge in [-0.05, 0) is 22.0 Å². The maximum Gasteiger partial charge on any atom is 0.419 e. The number of nitrogens with zero attached hydrogens (tertiary/aromatic N) is 1. The topological polar surface area (TPSA) is 50.2 Å². The molecule has 0 aromatic carbocycles. The maximum atomic E-state index is 12.4. The van der Waals surface area contributed by atoms with Crippen molar-refractivity contribution in [1.82, 2.24) is 4.98 Å². The molecule has 0 spiro atoms. The lowest BCUT2D eigenvalue weighted by atomic mass is 10.1. The minimum absolute atomic E-state index is 0.126. The zero-order valence-electron chi connectivity index (χ0n) is 7.73. The molecule has 3 nitrogen and oxygen atoms in total. The van der Waals surface area contributed by atoms with Crippen molar-refractivity contribution in [3.63, 3.8) is 0 Å². The second-order valence-electron chi connectivity index (χ2n) is 2.86. The van der Waals surface area contributed by atoms with Crippen molar-refractivity contribution in [2.24, 2.45) is 0 Å². The second-order valence-corrected chi connectivity index (χ2v) is 3.61. The number of carboxylic acids is 1. The van der Waals surface area contributed by atoms with Crippen LogP contribution in [0.5, 0.6) is 0 Å². The molecule has 0 atom stereocenters. The fourth-order valence-corrected chi connectivity index (χ4v) is 1.57. The van der Waals surface area contributed by atoms with E-state index in [0.29, 0.717) is 0 Å². The van der Waals surface area contributed by atoms with Gasteiger partial charge in [0.1, 0.15) is 10.3 Å². The van der Waals surface area contributed by atoms with Crippen LogP contribution < -0.4 is 0 Å². The van der Waals surface area contributed by atoms with Gasteiger partial charge in [0.05, 0.1) is 11.1 Å². The van der Waals surface area contributed by atoms with E-state index in [9.17, 15) is 26.7 Å². The van der Waals surface area contributed by atoms with E-state index in [-0.39, 0.29) is 6.07 Å². The Balaban J connectivity index is 3.51. The van der Waals surface area contributed by atoms with Gasteiger partial charge < -0.3 is 5.11 Å². The summed E-state index contributed by atoms with van der Waals surface area (Å²) in [6.45, 7) is 0. The van der Waals surface area contributed by atoms with Crippen LogP contribution >= 0.6 is 15.9 Å². The Labute approximate surface area is 99.4 Å². The number of hydrogen-bond acceptors (Lipinski definition) is 2. The lowest BCUT2D eigenvalue weighted by Crippen LogP contribution is -2.13. The number of hydrogen-bond donors (Lipinski definition) is 1. The summed E-state index contributed by atoms with van der Waals surface area (Å²) in [5.41, 5.74) is -3.80. The van der Waals surface area contributed by atoms with Crippen molar-refractivity contribution < 1.29 is 31.9 Å². The highest BCUT2D eigenvalue weighted by molar-refractivity contribution is 9.10. The van der Waals surface area contributed by atoms with Crippen LogP contribution in [0.1, 0.15) is 28.0 Å². The van der Waals surface area contributed by atoms with Crippen molar-refractivity contribution in [3.05, 3.63) is 27.5 Å². The van der Waals surface area contributed by atoms with E-state index in [1.54, 1.807) is 0 Å². The Morgan fingerprint density at radius 1 is 1.41 bits per heavy atom. The number of carboxylic acid groups (broad SMARTS) is 1. The summed E-state index contributed by atoms with van der Waals surface area (Å²) in [4.78, 5) is 13.5. The first-order chi connectivity index (χ1) is 7.64. The maximum absolute atomic E-state index is 12.4. The van der Waals surface area contributed by atoms with Gasteiger partial charge >= 0.3 is 12.1 Å².